The van der Waals surface area contributed by atoms with Gasteiger partial charge in [0, 0.05) is 11.8 Å². The van der Waals surface area contributed by atoms with Crippen molar-refractivity contribution < 1.29 is 9.47 Å². The fourth-order valence-corrected chi connectivity index (χ4v) is 1.85. The molecule has 0 aromatic heterocycles. The minimum atomic E-state index is 0.237. The van der Waals surface area contributed by atoms with Crippen LogP contribution in [0.1, 0.15) is 12.0 Å². The second kappa shape index (κ2) is 4.80. The molecule has 0 bridgehead atoms. The maximum atomic E-state index is 5.77. The molecule has 3 heteroatoms. The third-order valence-electron chi connectivity index (χ3n) is 2.24. The molecule has 0 N–H and O–H groups in total. The number of rotatable bonds is 3. The van der Waals surface area contributed by atoms with Gasteiger partial charge in [-0.05, 0) is 17.7 Å². The van der Waals surface area contributed by atoms with Gasteiger partial charge in [0.25, 0.3) is 0 Å². The van der Waals surface area contributed by atoms with Crippen LogP contribution in [0.3, 0.4) is 0 Å². The number of hydrogen-bond acceptors (Lipinski definition) is 2. The molecule has 2 nitrogen and oxygen atoms in total. The van der Waals surface area contributed by atoms with Crippen molar-refractivity contribution in [3.8, 4) is 5.75 Å². The largest absolute Gasteiger partial charge is 0.488 e. The van der Waals surface area contributed by atoms with Crippen molar-refractivity contribution in [1.29, 1.82) is 0 Å². The summed E-state index contributed by atoms with van der Waals surface area (Å²) in [5.41, 5.74) is 1.24. The van der Waals surface area contributed by atoms with E-state index in [1.165, 1.54) is 5.56 Å². The van der Waals surface area contributed by atoms with E-state index < -0.39 is 0 Å². The third-order valence-corrected chi connectivity index (χ3v) is 2.89. The Morgan fingerprint density at radius 1 is 1.50 bits per heavy atom. The average Bonchev–Trinajstić information content (AvgIpc) is 2.71. The van der Waals surface area contributed by atoms with E-state index in [9.17, 15) is 0 Å². The zero-order valence-electron chi connectivity index (χ0n) is 7.91. The highest BCUT2D eigenvalue weighted by Gasteiger charge is 2.16. The number of alkyl halides is 1. The minimum absolute atomic E-state index is 0.237. The van der Waals surface area contributed by atoms with Gasteiger partial charge in [-0.3, -0.25) is 0 Å². The number of benzene rings is 1. The van der Waals surface area contributed by atoms with Crippen molar-refractivity contribution in [2.24, 2.45) is 0 Å². The lowest BCUT2D eigenvalue weighted by atomic mass is 10.2. The topological polar surface area (TPSA) is 18.5 Å². The van der Waals surface area contributed by atoms with E-state index >= 15 is 0 Å². The van der Waals surface area contributed by atoms with Crippen LogP contribution < -0.4 is 4.74 Å². The Hall–Kier alpha value is -0.540. The van der Waals surface area contributed by atoms with Crippen molar-refractivity contribution in [1.82, 2.24) is 0 Å². The van der Waals surface area contributed by atoms with Crippen molar-refractivity contribution in [2.75, 3.05) is 13.2 Å². The molecule has 14 heavy (non-hydrogen) atoms. The monoisotopic (exact) mass is 256 g/mol. The van der Waals surface area contributed by atoms with E-state index in [0.717, 1.165) is 30.7 Å². The lowest BCUT2D eigenvalue weighted by Crippen LogP contribution is -2.15. The van der Waals surface area contributed by atoms with Crippen LogP contribution in [-0.4, -0.2) is 19.3 Å². The van der Waals surface area contributed by atoms with E-state index in [1.54, 1.807) is 0 Å². The Balaban J connectivity index is 2.00. The average molecular weight is 257 g/mol. The molecule has 0 radical (unpaired) electrons. The van der Waals surface area contributed by atoms with Gasteiger partial charge in [0.1, 0.15) is 11.9 Å². The fourth-order valence-electron chi connectivity index (χ4n) is 1.50. The molecule has 1 heterocycles. The molecule has 0 saturated carbocycles. The smallest absolute Gasteiger partial charge is 0.124 e. The minimum Gasteiger partial charge on any atom is -0.488 e. The van der Waals surface area contributed by atoms with Crippen LogP contribution in [-0.2, 0) is 10.1 Å². The van der Waals surface area contributed by atoms with E-state index in [0.29, 0.717) is 0 Å². The number of ether oxygens (including phenoxy) is 2. The zero-order valence-corrected chi connectivity index (χ0v) is 9.50. The van der Waals surface area contributed by atoms with Crippen molar-refractivity contribution in [3.05, 3.63) is 29.8 Å². The van der Waals surface area contributed by atoms with Gasteiger partial charge in [0.2, 0.25) is 0 Å². The molecule has 2 rings (SSSR count). The second-order valence-electron chi connectivity index (χ2n) is 3.38. The van der Waals surface area contributed by atoms with E-state index in [4.69, 9.17) is 9.47 Å². The molecular formula is C11H13BrO2. The molecule has 0 spiro atoms. The molecule has 1 fully saturated rings. The summed E-state index contributed by atoms with van der Waals surface area (Å²) in [7, 11) is 0. The quantitative estimate of drug-likeness (QED) is 0.775. The summed E-state index contributed by atoms with van der Waals surface area (Å²) in [6.45, 7) is 1.54. The molecular weight excluding hydrogens is 244 g/mol. The van der Waals surface area contributed by atoms with Gasteiger partial charge in [0.15, 0.2) is 0 Å². The number of hydrogen-bond donors (Lipinski definition) is 0. The van der Waals surface area contributed by atoms with Crippen LogP contribution >= 0.6 is 15.9 Å². The van der Waals surface area contributed by atoms with Crippen molar-refractivity contribution in [3.63, 3.8) is 0 Å². The van der Waals surface area contributed by atoms with Crippen LogP contribution in [0.2, 0.25) is 0 Å². The molecule has 1 atom stereocenters. The first kappa shape index (κ1) is 9.99. The Kier molecular flexibility index (Phi) is 3.43. The highest BCUT2D eigenvalue weighted by molar-refractivity contribution is 9.08. The second-order valence-corrected chi connectivity index (χ2v) is 3.95. The van der Waals surface area contributed by atoms with Crippen LogP contribution in [0.25, 0.3) is 0 Å². The summed E-state index contributed by atoms with van der Waals surface area (Å²) in [6.07, 6.45) is 1.24. The summed E-state index contributed by atoms with van der Waals surface area (Å²) in [4.78, 5) is 0. The normalized spacial score (nSPS) is 21.1. The van der Waals surface area contributed by atoms with Crippen molar-refractivity contribution in [2.45, 2.75) is 17.9 Å². The SMILES string of the molecule is BrCc1cccc(OC2CCOC2)c1. The van der Waals surface area contributed by atoms with Crippen LogP contribution in [0, 0.1) is 0 Å². The zero-order chi connectivity index (χ0) is 9.80. The Morgan fingerprint density at radius 2 is 2.43 bits per heavy atom. The highest BCUT2D eigenvalue weighted by Crippen LogP contribution is 2.19. The van der Waals surface area contributed by atoms with Crippen molar-refractivity contribution >= 4 is 15.9 Å². The first-order valence-electron chi connectivity index (χ1n) is 4.78. The first-order chi connectivity index (χ1) is 6.88. The maximum Gasteiger partial charge on any atom is 0.124 e. The van der Waals surface area contributed by atoms with Gasteiger partial charge in [0.05, 0.1) is 13.2 Å². The van der Waals surface area contributed by atoms with Crippen LogP contribution in [0.15, 0.2) is 24.3 Å². The molecule has 1 saturated heterocycles. The summed E-state index contributed by atoms with van der Waals surface area (Å²) >= 11 is 3.42. The molecule has 1 aliphatic rings. The summed E-state index contributed by atoms with van der Waals surface area (Å²) in [5, 5.41) is 0.866. The molecule has 76 valence electrons. The van der Waals surface area contributed by atoms with E-state index in [-0.39, 0.29) is 6.10 Å². The Morgan fingerprint density at radius 3 is 3.14 bits per heavy atom. The third kappa shape index (κ3) is 2.49. The Bertz CT molecular complexity index is 295. The number of halogens is 1. The fraction of sp³-hybridized carbons (Fsp3) is 0.455. The van der Waals surface area contributed by atoms with Gasteiger partial charge in [-0.25, -0.2) is 0 Å². The molecule has 0 amide bonds. The molecule has 1 aromatic carbocycles. The van der Waals surface area contributed by atoms with Gasteiger partial charge in [-0.15, -0.1) is 0 Å². The molecule has 1 unspecified atom stereocenters. The van der Waals surface area contributed by atoms with Gasteiger partial charge >= 0.3 is 0 Å². The van der Waals surface area contributed by atoms with E-state index in [1.807, 2.05) is 12.1 Å². The van der Waals surface area contributed by atoms with Gasteiger partial charge < -0.3 is 9.47 Å². The predicted octanol–water partition coefficient (Wildman–Crippen LogP) is 2.75. The molecule has 1 aliphatic heterocycles. The standard InChI is InChI=1S/C11H13BrO2/c12-7-9-2-1-3-10(6-9)14-11-4-5-13-8-11/h1-3,6,11H,4-5,7-8H2. The van der Waals surface area contributed by atoms with E-state index in [2.05, 4.69) is 28.1 Å². The predicted molar refractivity (Wildman–Crippen MR) is 58.9 cm³/mol. The lowest BCUT2D eigenvalue weighted by molar-refractivity contribution is 0.141. The van der Waals surface area contributed by atoms with Gasteiger partial charge in [-0.1, -0.05) is 28.1 Å². The maximum absolute atomic E-state index is 5.77. The molecule has 0 aliphatic carbocycles. The first-order valence-corrected chi connectivity index (χ1v) is 5.90. The Labute approximate surface area is 92.3 Å². The highest BCUT2D eigenvalue weighted by atomic mass is 79.9. The van der Waals surface area contributed by atoms with Crippen LogP contribution in [0.5, 0.6) is 5.75 Å². The van der Waals surface area contributed by atoms with Crippen LogP contribution in [0.4, 0.5) is 0 Å². The lowest BCUT2D eigenvalue weighted by Gasteiger charge is -2.12. The van der Waals surface area contributed by atoms with Gasteiger partial charge in [-0.2, -0.15) is 0 Å². The molecule has 1 aromatic rings. The summed E-state index contributed by atoms with van der Waals surface area (Å²) in [6, 6.07) is 8.14. The summed E-state index contributed by atoms with van der Waals surface area (Å²) < 4.78 is 11.0. The summed E-state index contributed by atoms with van der Waals surface area (Å²) in [5.74, 6) is 0.942.